The zero-order valence-electron chi connectivity index (χ0n) is 11.3. The minimum absolute atomic E-state index is 0.0371. The summed E-state index contributed by atoms with van der Waals surface area (Å²) in [7, 11) is 0. The van der Waals surface area contributed by atoms with Gasteiger partial charge >= 0.3 is 0 Å². The Hall–Kier alpha value is -1.87. The molecule has 3 nitrogen and oxygen atoms in total. The maximum atomic E-state index is 6.18. The second kappa shape index (κ2) is 6.90. The largest absolute Gasteiger partial charge is 0.489 e. The van der Waals surface area contributed by atoms with Crippen molar-refractivity contribution in [3.63, 3.8) is 0 Å². The quantitative estimate of drug-likeness (QED) is 0.861. The van der Waals surface area contributed by atoms with Crippen molar-refractivity contribution >= 4 is 0 Å². The van der Waals surface area contributed by atoms with E-state index in [2.05, 4.69) is 11.9 Å². The molecule has 0 fully saturated rings. The van der Waals surface area contributed by atoms with Gasteiger partial charge in [-0.25, -0.2) is 0 Å². The number of nitrogens with zero attached hydrogens (tertiary/aromatic N) is 1. The van der Waals surface area contributed by atoms with E-state index in [-0.39, 0.29) is 6.04 Å². The fourth-order valence-corrected chi connectivity index (χ4v) is 2.03. The van der Waals surface area contributed by atoms with Gasteiger partial charge in [0.15, 0.2) is 0 Å². The number of aromatic nitrogens is 1. The molecule has 0 aliphatic rings. The molecule has 0 amide bonds. The van der Waals surface area contributed by atoms with Crippen LogP contribution >= 0.6 is 0 Å². The number of nitrogens with two attached hydrogens (primary N) is 1. The van der Waals surface area contributed by atoms with E-state index in [1.54, 1.807) is 6.20 Å². The molecule has 0 radical (unpaired) electrons. The number of pyridine rings is 1. The van der Waals surface area contributed by atoms with Crippen LogP contribution in [0.15, 0.2) is 48.8 Å². The molecule has 0 saturated heterocycles. The smallest absolute Gasteiger partial charge is 0.124 e. The first-order valence-corrected chi connectivity index (χ1v) is 6.67. The van der Waals surface area contributed by atoms with Crippen LogP contribution in [0.1, 0.15) is 36.9 Å². The van der Waals surface area contributed by atoms with Gasteiger partial charge in [-0.15, -0.1) is 0 Å². The van der Waals surface area contributed by atoms with E-state index < -0.39 is 0 Å². The minimum atomic E-state index is 0.0371. The Morgan fingerprint density at radius 3 is 2.79 bits per heavy atom. The molecule has 1 aromatic carbocycles. The van der Waals surface area contributed by atoms with Gasteiger partial charge in [-0.05, 0) is 18.6 Å². The summed E-state index contributed by atoms with van der Waals surface area (Å²) in [4.78, 5) is 4.08. The molecule has 0 aliphatic heterocycles. The van der Waals surface area contributed by atoms with Gasteiger partial charge < -0.3 is 10.5 Å². The summed E-state index contributed by atoms with van der Waals surface area (Å²) in [5.74, 6) is 0.868. The van der Waals surface area contributed by atoms with Crippen molar-refractivity contribution in [2.24, 2.45) is 5.73 Å². The third-order valence-corrected chi connectivity index (χ3v) is 3.04. The topological polar surface area (TPSA) is 48.1 Å². The van der Waals surface area contributed by atoms with Crippen molar-refractivity contribution in [2.75, 3.05) is 0 Å². The molecule has 2 aromatic rings. The van der Waals surface area contributed by atoms with E-state index in [0.29, 0.717) is 6.61 Å². The lowest BCUT2D eigenvalue weighted by atomic mass is 10.0. The second-order valence-electron chi connectivity index (χ2n) is 4.58. The molecular formula is C16H20N2O. The number of ether oxygens (including phenoxy) is 1. The van der Waals surface area contributed by atoms with Gasteiger partial charge in [0, 0.05) is 29.6 Å². The fraction of sp³-hybridized carbons (Fsp3) is 0.312. The zero-order chi connectivity index (χ0) is 13.5. The molecule has 2 rings (SSSR count). The molecule has 2 N–H and O–H groups in total. The highest BCUT2D eigenvalue weighted by Crippen LogP contribution is 2.26. The summed E-state index contributed by atoms with van der Waals surface area (Å²) in [6, 6.07) is 11.9. The highest BCUT2D eigenvalue weighted by atomic mass is 16.5. The molecular weight excluding hydrogens is 236 g/mol. The lowest BCUT2D eigenvalue weighted by Crippen LogP contribution is -2.11. The summed E-state index contributed by atoms with van der Waals surface area (Å²) >= 11 is 0. The highest BCUT2D eigenvalue weighted by molar-refractivity contribution is 5.35. The Kier molecular flexibility index (Phi) is 4.93. The molecule has 1 heterocycles. The Labute approximate surface area is 114 Å². The van der Waals surface area contributed by atoms with Crippen molar-refractivity contribution in [2.45, 2.75) is 32.4 Å². The Morgan fingerprint density at radius 2 is 2.05 bits per heavy atom. The average molecular weight is 256 g/mol. The maximum absolute atomic E-state index is 6.18. The number of rotatable bonds is 6. The van der Waals surface area contributed by atoms with Crippen LogP contribution in [0, 0.1) is 0 Å². The minimum Gasteiger partial charge on any atom is -0.489 e. The summed E-state index contributed by atoms with van der Waals surface area (Å²) in [5.41, 5.74) is 8.32. The van der Waals surface area contributed by atoms with Gasteiger partial charge in [-0.2, -0.15) is 0 Å². The molecule has 1 aromatic heterocycles. The Morgan fingerprint density at radius 1 is 1.21 bits per heavy atom. The van der Waals surface area contributed by atoms with Crippen molar-refractivity contribution < 1.29 is 4.74 Å². The Balaban J connectivity index is 2.07. The first kappa shape index (κ1) is 13.6. The van der Waals surface area contributed by atoms with Crippen LogP contribution in [0.4, 0.5) is 0 Å². The molecule has 1 atom stereocenters. The van der Waals surface area contributed by atoms with Gasteiger partial charge in [0.25, 0.3) is 0 Å². The predicted molar refractivity (Wildman–Crippen MR) is 76.8 cm³/mol. The highest BCUT2D eigenvalue weighted by Gasteiger charge is 2.10. The summed E-state index contributed by atoms with van der Waals surface area (Å²) < 4.78 is 5.87. The van der Waals surface area contributed by atoms with Crippen molar-refractivity contribution in [1.29, 1.82) is 0 Å². The Bertz CT molecular complexity index is 499. The first-order chi connectivity index (χ1) is 9.31. The molecule has 0 saturated carbocycles. The summed E-state index contributed by atoms with van der Waals surface area (Å²) in [5, 5.41) is 0. The van der Waals surface area contributed by atoms with Crippen LogP contribution in [0.2, 0.25) is 0 Å². The summed E-state index contributed by atoms with van der Waals surface area (Å²) in [6.07, 6.45) is 5.61. The third kappa shape index (κ3) is 3.80. The van der Waals surface area contributed by atoms with Crippen molar-refractivity contribution in [1.82, 2.24) is 4.98 Å². The van der Waals surface area contributed by atoms with Gasteiger partial charge in [0.1, 0.15) is 12.4 Å². The molecule has 0 spiro atoms. The van der Waals surface area contributed by atoms with Crippen LogP contribution in [0.3, 0.4) is 0 Å². The number of hydrogen-bond donors (Lipinski definition) is 1. The third-order valence-electron chi connectivity index (χ3n) is 3.04. The van der Waals surface area contributed by atoms with Crippen LogP contribution in [0.25, 0.3) is 0 Å². The molecule has 1 unspecified atom stereocenters. The zero-order valence-corrected chi connectivity index (χ0v) is 11.3. The van der Waals surface area contributed by atoms with Gasteiger partial charge in [-0.3, -0.25) is 4.98 Å². The monoisotopic (exact) mass is 256 g/mol. The lowest BCUT2D eigenvalue weighted by molar-refractivity contribution is 0.300. The standard InChI is InChI=1S/C16H20N2O/c1-2-6-15(17)14-8-3-4-9-16(14)19-12-13-7-5-10-18-11-13/h3-5,7-11,15H,2,6,12,17H2,1H3. The molecule has 3 heteroatoms. The van der Waals surface area contributed by atoms with E-state index in [4.69, 9.17) is 10.5 Å². The average Bonchev–Trinajstić information content (AvgIpc) is 2.47. The fourth-order valence-electron chi connectivity index (χ4n) is 2.03. The number of hydrogen-bond acceptors (Lipinski definition) is 3. The first-order valence-electron chi connectivity index (χ1n) is 6.67. The second-order valence-corrected chi connectivity index (χ2v) is 4.58. The van der Waals surface area contributed by atoms with Gasteiger partial charge in [0.05, 0.1) is 0 Å². The SMILES string of the molecule is CCCC(N)c1ccccc1OCc1cccnc1. The van der Waals surface area contributed by atoms with Crippen LogP contribution in [-0.4, -0.2) is 4.98 Å². The normalized spacial score (nSPS) is 12.1. The van der Waals surface area contributed by atoms with Crippen LogP contribution in [-0.2, 0) is 6.61 Å². The molecule has 100 valence electrons. The van der Waals surface area contributed by atoms with E-state index in [1.807, 2.05) is 42.6 Å². The summed E-state index contributed by atoms with van der Waals surface area (Å²) in [6.45, 7) is 2.66. The van der Waals surface area contributed by atoms with E-state index in [9.17, 15) is 0 Å². The van der Waals surface area contributed by atoms with Crippen molar-refractivity contribution in [3.8, 4) is 5.75 Å². The van der Waals surface area contributed by atoms with Gasteiger partial charge in [-0.1, -0.05) is 37.6 Å². The van der Waals surface area contributed by atoms with E-state index in [1.165, 1.54) is 0 Å². The molecule has 0 bridgehead atoms. The molecule has 0 aliphatic carbocycles. The van der Waals surface area contributed by atoms with Gasteiger partial charge in [0.2, 0.25) is 0 Å². The van der Waals surface area contributed by atoms with Crippen LogP contribution < -0.4 is 10.5 Å². The lowest BCUT2D eigenvalue weighted by Gasteiger charge is -2.16. The maximum Gasteiger partial charge on any atom is 0.124 e. The van der Waals surface area contributed by atoms with Crippen LogP contribution in [0.5, 0.6) is 5.75 Å². The van der Waals surface area contributed by atoms with Crippen molar-refractivity contribution in [3.05, 3.63) is 59.9 Å². The predicted octanol–water partition coefficient (Wildman–Crippen LogP) is 3.46. The number of benzene rings is 1. The number of para-hydroxylation sites is 1. The van der Waals surface area contributed by atoms with E-state index in [0.717, 1.165) is 29.7 Å². The molecule has 19 heavy (non-hydrogen) atoms. The van der Waals surface area contributed by atoms with E-state index >= 15 is 0 Å².